The number of rotatable bonds is 62. The molecule has 0 heterocycles. The average Bonchev–Trinajstić information content (AvgIpc) is 3.44. The molecule has 6 nitrogen and oxygen atoms in total. The minimum absolute atomic E-state index is 0.0723. The van der Waals surface area contributed by atoms with Gasteiger partial charge in [0.1, 0.15) is 13.2 Å². The minimum atomic E-state index is -0.772. The van der Waals surface area contributed by atoms with E-state index < -0.39 is 6.10 Å². The average molecular weight is 1090 g/mol. The van der Waals surface area contributed by atoms with Crippen molar-refractivity contribution in [3.05, 3.63) is 72.9 Å². The van der Waals surface area contributed by atoms with E-state index in [1.807, 2.05) is 0 Å². The van der Waals surface area contributed by atoms with Gasteiger partial charge >= 0.3 is 17.9 Å². The zero-order valence-electron chi connectivity index (χ0n) is 51.9. The number of hydrogen-bond acceptors (Lipinski definition) is 6. The van der Waals surface area contributed by atoms with Crippen LogP contribution in [0.15, 0.2) is 72.9 Å². The summed E-state index contributed by atoms with van der Waals surface area (Å²) in [5, 5.41) is 0. The van der Waals surface area contributed by atoms with Gasteiger partial charge in [-0.1, -0.05) is 312 Å². The van der Waals surface area contributed by atoms with Crippen LogP contribution in [0.25, 0.3) is 0 Å². The smallest absolute Gasteiger partial charge is 0.306 e. The molecule has 0 aromatic carbocycles. The van der Waals surface area contributed by atoms with Crippen LogP contribution in [0.5, 0.6) is 0 Å². The lowest BCUT2D eigenvalue weighted by atomic mass is 10.0. The molecule has 0 rings (SSSR count). The molecule has 0 bridgehead atoms. The zero-order chi connectivity index (χ0) is 56.4. The summed E-state index contributed by atoms with van der Waals surface area (Å²) in [6.45, 7) is 6.50. The number of esters is 3. The van der Waals surface area contributed by atoms with Gasteiger partial charge in [0.2, 0.25) is 0 Å². The van der Waals surface area contributed by atoms with Gasteiger partial charge in [0, 0.05) is 19.3 Å². The summed E-state index contributed by atoms with van der Waals surface area (Å²) < 4.78 is 16.8. The summed E-state index contributed by atoms with van der Waals surface area (Å²) >= 11 is 0. The van der Waals surface area contributed by atoms with E-state index in [2.05, 4.69) is 93.7 Å². The summed E-state index contributed by atoms with van der Waals surface area (Å²) in [5.74, 6) is -0.869. The topological polar surface area (TPSA) is 78.9 Å². The van der Waals surface area contributed by atoms with Crippen molar-refractivity contribution in [3.8, 4) is 0 Å². The molecular formula is C72H128O6. The van der Waals surface area contributed by atoms with Crippen molar-refractivity contribution in [2.24, 2.45) is 0 Å². The van der Waals surface area contributed by atoms with Crippen molar-refractivity contribution in [2.45, 2.75) is 354 Å². The Labute approximate surface area is 484 Å². The van der Waals surface area contributed by atoms with Crippen LogP contribution in [0.1, 0.15) is 348 Å². The lowest BCUT2D eigenvalue weighted by molar-refractivity contribution is -0.167. The Morgan fingerprint density at radius 3 is 0.782 bits per heavy atom. The largest absolute Gasteiger partial charge is 0.462 e. The molecule has 0 radical (unpaired) electrons. The van der Waals surface area contributed by atoms with Crippen LogP contribution in [-0.2, 0) is 28.6 Å². The molecular weight excluding hydrogens is 961 g/mol. The lowest BCUT2D eigenvalue weighted by Gasteiger charge is -2.18. The maximum atomic E-state index is 12.9. The maximum absolute atomic E-state index is 12.9. The molecule has 0 aliphatic carbocycles. The number of ether oxygens (including phenoxy) is 3. The molecule has 1 atom stereocenters. The van der Waals surface area contributed by atoms with Gasteiger partial charge in [0.15, 0.2) is 6.10 Å². The van der Waals surface area contributed by atoms with Gasteiger partial charge in [-0.3, -0.25) is 14.4 Å². The predicted octanol–water partition coefficient (Wildman–Crippen LogP) is 23.3. The van der Waals surface area contributed by atoms with Crippen molar-refractivity contribution < 1.29 is 28.6 Å². The lowest BCUT2D eigenvalue weighted by Crippen LogP contribution is -2.30. The molecule has 0 N–H and O–H groups in total. The van der Waals surface area contributed by atoms with E-state index >= 15 is 0 Å². The van der Waals surface area contributed by atoms with Gasteiger partial charge in [-0.25, -0.2) is 0 Å². The molecule has 6 heteroatoms. The number of hydrogen-bond donors (Lipinski definition) is 0. The number of unbranched alkanes of at least 4 members (excludes halogenated alkanes) is 39. The fourth-order valence-corrected chi connectivity index (χ4v) is 9.88. The summed E-state index contributed by atoms with van der Waals surface area (Å²) in [6.07, 6.45) is 86.8. The summed E-state index contributed by atoms with van der Waals surface area (Å²) in [5.41, 5.74) is 0. The SMILES string of the molecule is CC/C=C\C/C=C\C/C=C\C/C=C\CCCCCCCCCCCCCCCCCCCCCCC(=O)OCC(COC(=O)CCCCCCCC)OC(=O)CCCCCCCCCCC/C=C\C/C=C\CCCCCCC. The third kappa shape index (κ3) is 63.7. The Morgan fingerprint density at radius 1 is 0.269 bits per heavy atom. The monoisotopic (exact) mass is 1090 g/mol. The fraction of sp³-hybridized carbons (Fsp3) is 0.792. The van der Waals surface area contributed by atoms with E-state index in [4.69, 9.17) is 14.2 Å². The standard InChI is InChI=1S/C72H128O6/c1-4-7-10-13-16-18-20-22-24-26-28-30-31-32-33-34-35-36-37-38-39-40-41-43-44-46-48-50-52-54-56-59-62-65-71(74)77-68-69(67-76-70(73)64-61-58-15-12-9-6-3)78-72(75)66-63-60-57-55-53-51-49-47-45-42-29-27-25-23-21-19-17-14-11-8-5-2/h7,10,16,18,21-24,27-30,69H,4-6,8-9,11-15,17,19-20,25-26,31-68H2,1-3H3/b10-7-,18-16-,23-21-,24-22-,29-27-,30-28-. The van der Waals surface area contributed by atoms with Gasteiger partial charge in [-0.05, 0) is 89.9 Å². The molecule has 0 aromatic rings. The first-order chi connectivity index (χ1) is 38.5. The molecule has 0 saturated carbocycles. The molecule has 78 heavy (non-hydrogen) atoms. The minimum Gasteiger partial charge on any atom is -0.462 e. The van der Waals surface area contributed by atoms with Crippen LogP contribution in [0, 0.1) is 0 Å². The van der Waals surface area contributed by atoms with Crippen LogP contribution in [0.2, 0.25) is 0 Å². The molecule has 452 valence electrons. The van der Waals surface area contributed by atoms with Crippen LogP contribution in [-0.4, -0.2) is 37.2 Å². The van der Waals surface area contributed by atoms with Gasteiger partial charge in [-0.15, -0.1) is 0 Å². The summed E-state index contributed by atoms with van der Waals surface area (Å²) in [6, 6.07) is 0. The highest BCUT2D eigenvalue weighted by Gasteiger charge is 2.19. The molecule has 0 aliphatic heterocycles. The second-order valence-corrected chi connectivity index (χ2v) is 22.7. The number of allylic oxidation sites excluding steroid dienone is 12. The molecule has 0 spiro atoms. The van der Waals surface area contributed by atoms with E-state index in [1.54, 1.807) is 0 Å². The first kappa shape index (κ1) is 74.8. The third-order valence-electron chi connectivity index (χ3n) is 14.9. The van der Waals surface area contributed by atoms with E-state index in [0.29, 0.717) is 19.3 Å². The van der Waals surface area contributed by atoms with Gasteiger partial charge in [0.05, 0.1) is 0 Å². The fourth-order valence-electron chi connectivity index (χ4n) is 9.88. The van der Waals surface area contributed by atoms with E-state index in [-0.39, 0.29) is 31.1 Å². The zero-order valence-corrected chi connectivity index (χ0v) is 51.9. The van der Waals surface area contributed by atoms with Crippen molar-refractivity contribution >= 4 is 17.9 Å². The van der Waals surface area contributed by atoms with Crippen molar-refractivity contribution in [1.29, 1.82) is 0 Å². The van der Waals surface area contributed by atoms with E-state index in [0.717, 1.165) is 89.9 Å². The van der Waals surface area contributed by atoms with Crippen LogP contribution >= 0.6 is 0 Å². The van der Waals surface area contributed by atoms with Crippen molar-refractivity contribution in [3.63, 3.8) is 0 Å². The van der Waals surface area contributed by atoms with E-state index in [1.165, 1.54) is 218 Å². The van der Waals surface area contributed by atoms with Gasteiger partial charge < -0.3 is 14.2 Å². The number of carbonyl (C=O) groups is 3. The molecule has 0 aliphatic rings. The van der Waals surface area contributed by atoms with Gasteiger partial charge in [-0.2, -0.15) is 0 Å². The maximum Gasteiger partial charge on any atom is 0.306 e. The highest BCUT2D eigenvalue weighted by Crippen LogP contribution is 2.18. The molecule has 0 fully saturated rings. The highest BCUT2D eigenvalue weighted by molar-refractivity contribution is 5.71. The number of carbonyl (C=O) groups excluding carboxylic acids is 3. The quantitative estimate of drug-likeness (QED) is 0.0261. The predicted molar refractivity (Wildman–Crippen MR) is 339 cm³/mol. The first-order valence-electron chi connectivity index (χ1n) is 33.9. The second-order valence-electron chi connectivity index (χ2n) is 22.7. The Kier molecular flexibility index (Phi) is 63.7. The van der Waals surface area contributed by atoms with Crippen molar-refractivity contribution in [2.75, 3.05) is 13.2 Å². The Bertz CT molecular complexity index is 1440. The van der Waals surface area contributed by atoms with Crippen LogP contribution in [0.4, 0.5) is 0 Å². The molecule has 0 aromatic heterocycles. The summed E-state index contributed by atoms with van der Waals surface area (Å²) in [4.78, 5) is 38.0. The highest BCUT2D eigenvalue weighted by atomic mass is 16.6. The summed E-state index contributed by atoms with van der Waals surface area (Å²) in [7, 11) is 0. The van der Waals surface area contributed by atoms with E-state index in [9.17, 15) is 14.4 Å². The van der Waals surface area contributed by atoms with Gasteiger partial charge in [0.25, 0.3) is 0 Å². The van der Waals surface area contributed by atoms with Crippen molar-refractivity contribution in [1.82, 2.24) is 0 Å². The Morgan fingerprint density at radius 2 is 0.500 bits per heavy atom. The first-order valence-corrected chi connectivity index (χ1v) is 33.9. The molecule has 0 amide bonds. The Hall–Kier alpha value is -3.15. The van der Waals surface area contributed by atoms with Crippen LogP contribution < -0.4 is 0 Å². The second kappa shape index (κ2) is 66.4. The normalized spacial score (nSPS) is 12.5. The Balaban J connectivity index is 3.98. The third-order valence-corrected chi connectivity index (χ3v) is 14.9. The molecule has 1 unspecified atom stereocenters. The van der Waals surface area contributed by atoms with Crippen LogP contribution in [0.3, 0.4) is 0 Å². The molecule has 0 saturated heterocycles.